The van der Waals surface area contributed by atoms with Crippen LogP contribution in [0.2, 0.25) is 0 Å². The van der Waals surface area contributed by atoms with Gasteiger partial charge in [-0.3, -0.25) is 0 Å². The Balaban J connectivity index is 0.000000883. The summed E-state index contributed by atoms with van der Waals surface area (Å²) >= 11 is 0. The first kappa shape index (κ1) is 24.5. The third-order valence-electron chi connectivity index (χ3n) is 7.24. The highest BCUT2D eigenvalue weighted by molar-refractivity contribution is 6.97. The van der Waals surface area contributed by atoms with Gasteiger partial charge in [-0.1, -0.05) is 77.3 Å². The van der Waals surface area contributed by atoms with Gasteiger partial charge in [0, 0.05) is 5.69 Å². The molecule has 2 heterocycles. The molecule has 0 bridgehead atoms. The molecule has 4 heteroatoms. The second kappa shape index (κ2) is 10.1. The highest BCUT2D eigenvalue weighted by atomic mass is 16.5. The van der Waals surface area contributed by atoms with Crippen molar-refractivity contribution in [3.63, 3.8) is 0 Å². The number of nitrogens with zero attached hydrogens (tertiary/aromatic N) is 1. The van der Waals surface area contributed by atoms with Crippen LogP contribution in [0, 0.1) is 26.2 Å². The molecule has 39 heavy (non-hydrogen) atoms. The van der Waals surface area contributed by atoms with E-state index in [-0.39, 0.29) is 6.71 Å². The molecule has 0 atom stereocenters. The molecule has 0 aromatic heterocycles. The normalized spacial score (nSPS) is 12.3. The molecule has 5 aromatic rings. The Hall–Kier alpha value is -4.88. The van der Waals surface area contributed by atoms with E-state index in [0.29, 0.717) is 0 Å². The fraction of sp³-hybridized carbons (Fsp3) is 0.0857. The van der Waals surface area contributed by atoms with Crippen LogP contribution in [0.25, 0.3) is 0 Å². The van der Waals surface area contributed by atoms with Crippen molar-refractivity contribution in [2.75, 3.05) is 4.90 Å². The number of benzene rings is 5. The molecule has 0 saturated carbocycles. The first-order valence-corrected chi connectivity index (χ1v) is 13.1. The topological polar surface area (TPSA) is 21.7 Å². The second-order valence-corrected chi connectivity index (χ2v) is 9.77. The van der Waals surface area contributed by atoms with Gasteiger partial charge in [0.05, 0.1) is 11.4 Å². The molecule has 0 aliphatic carbocycles. The molecule has 188 valence electrons. The standard InChI is InChI=1S/C32H24BNO2.C3H4/c1-21-19-23(34-26-13-5-9-17-30(26)36-31-18-10-6-14-27(31)34)20-22(2)32(21)33-24-11-3-7-15-28(24)35-29-16-8-4-12-25(29)33;1-3-2/h3-20H,1-2H3;1H,2H3. The molecule has 7 rings (SSSR count). The molecular weight excluding hydrogens is 477 g/mol. The zero-order valence-corrected chi connectivity index (χ0v) is 22.3. The van der Waals surface area contributed by atoms with Crippen molar-refractivity contribution >= 4 is 40.2 Å². The lowest BCUT2D eigenvalue weighted by atomic mass is 9.34. The van der Waals surface area contributed by atoms with Crippen molar-refractivity contribution in [1.29, 1.82) is 0 Å². The number of fused-ring (bicyclic) bond motifs is 4. The van der Waals surface area contributed by atoms with Gasteiger partial charge >= 0.3 is 0 Å². The number of rotatable bonds is 2. The first-order chi connectivity index (χ1) is 19.1. The van der Waals surface area contributed by atoms with Crippen LogP contribution < -0.4 is 30.8 Å². The zero-order chi connectivity index (χ0) is 26.9. The maximum absolute atomic E-state index is 6.28. The summed E-state index contributed by atoms with van der Waals surface area (Å²) in [5.41, 5.74) is 9.47. The summed E-state index contributed by atoms with van der Waals surface area (Å²) in [5.74, 6) is 5.84. The minimum atomic E-state index is 0.115. The SMILES string of the molecule is C#CC.Cc1cc(N2c3ccccc3Oc3ccccc32)cc(C)c1B1c2ccccc2Oc2ccccc21. The van der Waals surface area contributed by atoms with Gasteiger partial charge in [-0.2, -0.15) is 0 Å². The van der Waals surface area contributed by atoms with Gasteiger partial charge in [0.15, 0.2) is 11.5 Å². The molecule has 0 unspecified atom stereocenters. The van der Waals surface area contributed by atoms with Crippen LogP contribution in [0.3, 0.4) is 0 Å². The molecule has 5 aromatic carbocycles. The van der Waals surface area contributed by atoms with Gasteiger partial charge in [0.2, 0.25) is 0 Å². The first-order valence-electron chi connectivity index (χ1n) is 13.1. The number of hydrogen-bond acceptors (Lipinski definition) is 3. The van der Waals surface area contributed by atoms with Gasteiger partial charge < -0.3 is 14.4 Å². The molecule has 0 saturated heterocycles. The largest absolute Gasteiger partial charge is 0.458 e. The Morgan fingerprint density at radius 3 is 1.49 bits per heavy atom. The third kappa shape index (κ3) is 4.23. The molecule has 0 amide bonds. The van der Waals surface area contributed by atoms with Crippen molar-refractivity contribution < 1.29 is 9.47 Å². The minimum absolute atomic E-state index is 0.115. The summed E-state index contributed by atoms with van der Waals surface area (Å²) in [5, 5.41) is 0. The average molecular weight is 505 g/mol. The Labute approximate surface area is 230 Å². The molecule has 2 aliphatic heterocycles. The average Bonchev–Trinajstić information content (AvgIpc) is 2.95. The third-order valence-corrected chi connectivity index (χ3v) is 7.24. The van der Waals surface area contributed by atoms with Crippen LogP contribution in [0.15, 0.2) is 109 Å². The van der Waals surface area contributed by atoms with Crippen LogP contribution in [0.4, 0.5) is 17.1 Å². The summed E-state index contributed by atoms with van der Waals surface area (Å²) < 4.78 is 12.5. The van der Waals surface area contributed by atoms with Gasteiger partial charge in [-0.05, 0) is 80.2 Å². The number of hydrogen-bond donors (Lipinski definition) is 0. The van der Waals surface area contributed by atoms with Gasteiger partial charge in [0.1, 0.15) is 11.5 Å². The summed E-state index contributed by atoms with van der Waals surface area (Å²) in [6, 6.07) is 37.9. The maximum atomic E-state index is 6.28. The molecule has 0 radical (unpaired) electrons. The molecular formula is C35H28BNO2. The summed E-state index contributed by atoms with van der Waals surface area (Å²) in [6.45, 7) is 6.22. The van der Waals surface area contributed by atoms with Crippen molar-refractivity contribution in [2.45, 2.75) is 20.8 Å². The van der Waals surface area contributed by atoms with Crippen LogP contribution in [0.1, 0.15) is 18.1 Å². The second-order valence-electron chi connectivity index (χ2n) is 9.77. The van der Waals surface area contributed by atoms with Crippen molar-refractivity contribution in [1.82, 2.24) is 0 Å². The van der Waals surface area contributed by atoms with E-state index in [4.69, 9.17) is 9.47 Å². The van der Waals surface area contributed by atoms with Crippen LogP contribution in [-0.4, -0.2) is 6.71 Å². The molecule has 0 spiro atoms. The van der Waals surface area contributed by atoms with E-state index in [2.05, 4.69) is 104 Å². The Kier molecular flexibility index (Phi) is 6.35. The van der Waals surface area contributed by atoms with E-state index < -0.39 is 0 Å². The lowest BCUT2D eigenvalue weighted by Gasteiger charge is -2.34. The van der Waals surface area contributed by atoms with Gasteiger partial charge in [-0.25, -0.2) is 0 Å². The van der Waals surface area contributed by atoms with E-state index in [1.54, 1.807) is 6.92 Å². The number of aryl methyl sites for hydroxylation is 2. The molecule has 3 nitrogen and oxygen atoms in total. The molecule has 0 fully saturated rings. The van der Waals surface area contributed by atoms with Gasteiger partial charge in [0.25, 0.3) is 6.71 Å². The summed E-state index contributed by atoms with van der Waals surface area (Å²) in [7, 11) is 0. The lowest BCUT2D eigenvalue weighted by molar-refractivity contribution is 0.477. The Bertz CT molecular complexity index is 1620. The quantitative estimate of drug-likeness (QED) is 0.184. The highest BCUT2D eigenvalue weighted by Gasteiger charge is 2.34. The number of ether oxygens (including phenoxy) is 2. The number of anilines is 3. The van der Waals surface area contributed by atoms with Gasteiger partial charge in [-0.15, -0.1) is 12.3 Å². The molecule has 0 N–H and O–H groups in total. The van der Waals surface area contributed by atoms with Crippen LogP contribution in [0.5, 0.6) is 23.0 Å². The monoisotopic (exact) mass is 505 g/mol. The zero-order valence-electron chi connectivity index (χ0n) is 22.3. The Morgan fingerprint density at radius 2 is 1.00 bits per heavy atom. The predicted molar refractivity (Wildman–Crippen MR) is 163 cm³/mol. The van der Waals surface area contributed by atoms with Crippen LogP contribution >= 0.6 is 0 Å². The van der Waals surface area contributed by atoms with E-state index in [1.807, 2.05) is 36.4 Å². The predicted octanol–water partition coefficient (Wildman–Crippen LogP) is 7.14. The van der Waals surface area contributed by atoms with Crippen molar-refractivity contribution in [3.8, 4) is 35.3 Å². The Morgan fingerprint density at radius 1 is 0.615 bits per heavy atom. The fourth-order valence-electron chi connectivity index (χ4n) is 5.74. The lowest BCUT2D eigenvalue weighted by Crippen LogP contribution is -2.56. The van der Waals surface area contributed by atoms with Crippen molar-refractivity contribution in [2.24, 2.45) is 0 Å². The van der Waals surface area contributed by atoms with E-state index in [1.165, 1.54) is 27.5 Å². The van der Waals surface area contributed by atoms with Crippen molar-refractivity contribution in [3.05, 3.63) is 120 Å². The number of terminal acetylenes is 1. The van der Waals surface area contributed by atoms with E-state index >= 15 is 0 Å². The maximum Gasteiger partial charge on any atom is 0.251 e. The summed E-state index contributed by atoms with van der Waals surface area (Å²) in [6.07, 6.45) is 4.60. The van der Waals surface area contributed by atoms with Crippen LogP contribution in [-0.2, 0) is 0 Å². The minimum Gasteiger partial charge on any atom is -0.458 e. The van der Waals surface area contributed by atoms with E-state index in [0.717, 1.165) is 40.1 Å². The van der Waals surface area contributed by atoms with E-state index in [9.17, 15) is 0 Å². The summed E-state index contributed by atoms with van der Waals surface area (Å²) in [4.78, 5) is 2.31. The fourth-order valence-corrected chi connectivity index (χ4v) is 5.74. The molecule has 2 aliphatic rings. The highest BCUT2D eigenvalue weighted by Crippen LogP contribution is 2.50. The smallest absolute Gasteiger partial charge is 0.251 e. The number of para-hydroxylation sites is 6.